The molecular weight excluding hydrogens is 478 g/mol. The SMILES string of the molecule is O=C(/N=C/c1c(O)n(-c2ccc(Br)cc2)c(=O)[nH]c1=O)Nc1ccc([N+](=O)[O-])cc1O. The van der Waals surface area contributed by atoms with Crippen LogP contribution in [0, 0.1) is 10.1 Å². The number of carbonyl (C=O) groups excluding carboxylic acids is 1. The van der Waals surface area contributed by atoms with Crippen molar-refractivity contribution in [3.8, 4) is 17.3 Å². The molecule has 0 unspecified atom stereocenters. The third-order valence-corrected chi connectivity index (χ3v) is 4.48. The van der Waals surface area contributed by atoms with Gasteiger partial charge in [-0.3, -0.25) is 19.9 Å². The second-order valence-corrected chi connectivity index (χ2v) is 6.87. The lowest BCUT2D eigenvalue weighted by Crippen LogP contribution is -2.31. The number of rotatable bonds is 4. The molecule has 31 heavy (non-hydrogen) atoms. The second kappa shape index (κ2) is 8.62. The number of aromatic amines is 1. The van der Waals surface area contributed by atoms with Crippen molar-refractivity contribution in [1.29, 1.82) is 0 Å². The Kier molecular flexibility index (Phi) is 5.97. The smallest absolute Gasteiger partial charge is 0.345 e. The Morgan fingerprint density at radius 1 is 1.19 bits per heavy atom. The number of H-pyrrole nitrogens is 1. The summed E-state index contributed by atoms with van der Waals surface area (Å²) in [5.74, 6) is -1.31. The van der Waals surface area contributed by atoms with Crippen molar-refractivity contribution in [2.24, 2.45) is 4.99 Å². The minimum Gasteiger partial charge on any atom is -0.506 e. The van der Waals surface area contributed by atoms with Crippen molar-refractivity contribution in [2.75, 3.05) is 5.32 Å². The summed E-state index contributed by atoms with van der Waals surface area (Å²) >= 11 is 3.24. The lowest BCUT2D eigenvalue weighted by atomic mass is 10.2. The normalized spacial score (nSPS) is 10.9. The molecule has 0 spiro atoms. The van der Waals surface area contributed by atoms with Gasteiger partial charge >= 0.3 is 11.7 Å². The fraction of sp³-hybridized carbons (Fsp3) is 0. The van der Waals surface area contributed by atoms with Crippen molar-refractivity contribution in [2.45, 2.75) is 0 Å². The number of phenols is 1. The number of aromatic hydroxyl groups is 2. The first-order valence-electron chi connectivity index (χ1n) is 8.34. The molecule has 13 heteroatoms. The zero-order valence-corrected chi connectivity index (χ0v) is 16.9. The van der Waals surface area contributed by atoms with E-state index < -0.39 is 39.4 Å². The highest BCUT2D eigenvalue weighted by Crippen LogP contribution is 2.28. The van der Waals surface area contributed by atoms with Crippen LogP contribution in [0.25, 0.3) is 5.69 Å². The van der Waals surface area contributed by atoms with Crippen LogP contribution in [0.2, 0.25) is 0 Å². The van der Waals surface area contributed by atoms with Crippen LogP contribution in [-0.2, 0) is 0 Å². The quantitative estimate of drug-likeness (QED) is 0.187. The van der Waals surface area contributed by atoms with Crippen LogP contribution in [0.15, 0.2) is 61.5 Å². The number of nitrogens with zero attached hydrogens (tertiary/aromatic N) is 3. The molecule has 12 nitrogen and oxygen atoms in total. The minimum atomic E-state index is -1.05. The van der Waals surface area contributed by atoms with Crippen LogP contribution < -0.4 is 16.6 Å². The van der Waals surface area contributed by atoms with E-state index in [-0.39, 0.29) is 17.1 Å². The van der Waals surface area contributed by atoms with Gasteiger partial charge in [0, 0.05) is 10.5 Å². The average Bonchev–Trinajstić information content (AvgIpc) is 2.70. The van der Waals surface area contributed by atoms with Gasteiger partial charge in [-0.05, 0) is 30.3 Å². The summed E-state index contributed by atoms with van der Waals surface area (Å²) in [6.45, 7) is 0. The van der Waals surface area contributed by atoms with Crippen LogP contribution in [0.4, 0.5) is 16.2 Å². The first-order valence-corrected chi connectivity index (χ1v) is 9.13. The summed E-state index contributed by atoms with van der Waals surface area (Å²) in [4.78, 5) is 51.6. The standard InChI is InChI=1S/C18H12BrN5O7/c19-9-1-3-10(4-2-9)23-16(27)12(15(26)22-18(23)29)8-20-17(28)21-13-6-5-11(24(30)31)7-14(13)25/h1-8,25,27H,(H,21,28)(H,22,26,29)/b20-8+. The Morgan fingerprint density at radius 3 is 2.48 bits per heavy atom. The average molecular weight is 490 g/mol. The van der Waals surface area contributed by atoms with Crippen molar-refractivity contribution >= 4 is 39.6 Å². The molecule has 0 aliphatic carbocycles. The zero-order valence-electron chi connectivity index (χ0n) is 15.3. The van der Waals surface area contributed by atoms with E-state index in [1.807, 2.05) is 4.98 Å². The van der Waals surface area contributed by atoms with E-state index in [0.717, 1.165) is 33.5 Å². The monoisotopic (exact) mass is 489 g/mol. The molecule has 1 aromatic heterocycles. The third-order valence-electron chi connectivity index (χ3n) is 3.95. The number of halogens is 1. The molecule has 2 aromatic carbocycles. The predicted molar refractivity (Wildman–Crippen MR) is 113 cm³/mol. The van der Waals surface area contributed by atoms with Gasteiger partial charge in [0.15, 0.2) is 0 Å². The summed E-state index contributed by atoms with van der Waals surface area (Å²) in [6.07, 6.45) is 0.737. The number of hydrogen-bond donors (Lipinski definition) is 4. The number of aromatic nitrogens is 2. The van der Waals surface area contributed by atoms with E-state index in [4.69, 9.17) is 0 Å². The van der Waals surface area contributed by atoms with E-state index in [9.17, 15) is 34.7 Å². The first-order chi connectivity index (χ1) is 14.7. The van der Waals surface area contributed by atoms with Crippen LogP contribution in [0.5, 0.6) is 11.6 Å². The Balaban J connectivity index is 1.90. The number of anilines is 1. The molecule has 4 N–H and O–H groups in total. The predicted octanol–water partition coefficient (Wildman–Crippen LogP) is 2.26. The molecule has 3 rings (SSSR count). The summed E-state index contributed by atoms with van der Waals surface area (Å²) in [6, 6.07) is 8.19. The summed E-state index contributed by atoms with van der Waals surface area (Å²) in [7, 11) is 0. The van der Waals surface area contributed by atoms with Crippen molar-refractivity contribution in [3.63, 3.8) is 0 Å². The van der Waals surface area contributed by atoms with Crippen molar-refractivity contribution < 1.29 is 19.9 Å². The Labute approximate surface area is 180 Å². The number of urea groups is 1. The minimum absolute atomic E-state index is 0.161. The molecule has 0 radical (unpaired) electrons. The Hall–Kier alpha value is -4.26. The molecule has 0 atom stereocenters. The van der Waals surface area contributed by atoms with Gasteiger partial charge in [-0.2, -0.15) is 0 Å². The fourth-order valence-corrected chi connectivity index (χ4v) is 2.76. The number of amides is 2. The molecule has 2 amide bonds. The number of nitro benzene ring substituents is 1. The molecule has 0 aliphatic heterocycles. The maximum Gasteiger partial charge on any atom is 0.345 e. The molecular formula is C18H12BrN5O7. The van der Waals surface area contributed by atoms with E-state index >= 15 is 0 Å². The lowest BCUT2D eigenvalue weighted by Gasteiger charge is -2.09. The Morgan fingerprint density at radius 2 is 1.87 bits per heavy atom. The largest absolute Gasteiger partial charge is 0.506 e. The van der Waals surface area contributed by atoms with Crippen LogP contribution >= 0.6 is 15.9 Å². The molecule has 3 aromatic rings. The topological polar surface area (TPSA) is 180 Å². The van der Waals surface area contributed by atoms with E-state index in [2.05, 4.69) is 26.2 Å². The summed E-state index contributed by atoms with van der Waals surface area (Å²) in [5.41, 5.74) is -2.65. The number of phenolic OH excluding ortho intramolecular Hbond substituents is 1. The number of aliphatic imine (C=N–C) groups is 1. The number of nitrogens with one attached hydrogen (secondary N) is 2. The highest BCUT2D eigenvalue weighted by Gasteiger charge is 2.15. The summed E-state index contributed by atoms with van der Waals surface area (Å²) < 4.78 is 1.54. The van der Waals surface area contributed by atoms with Crippen LogP contribution in [0.1, 0.15) is 5.56 Å². The van der Waals surface area contributed by atoms with Gasteiger partial charge in [-0.25, -0.2) is 19.1 Å². The number of non-ortho nitro benzene ring substituents is 1. The molecule has 0 fully saturated rings. The van der Waals surface area contributed by atoms with Crippen molar-refractivity contribution in [1.82, 2.24) is 9.55 Å². The molecule has 1 heterocycles. The second-order valence-electron chi connectivity index (χ2n) is 5.96. The Bertz CT molecular complexity index is 1330. The molecule has 0 bridgehead atoms. The van der Waals surface area contributed by atoms with Crippen LogP contribution in [0.3, 0.4) is 0 Å². The van der Waals surface area contributed by atoms with Gasteiger partial charge in [0.1, 0.15) is 11.3 Å². The number of nitro groups is 1. The van der Waals surface area contributed by atoms with Crippen molar-refractivity contribution in [3.05, 3.63) is 83.5 Å². The maximum absolute atomic E-state index is 12.1. The van der Waals surface area contributed by atoms with Gasteiger partial charge in [-0.15, -0.1) is 0 Å². The van der Waals surface area contributed by atoms with Gasteiger partial charge < -0.3 is 15.5 Å². The molecule has 0 saturated heterocycles. The fourth-order valence-electron chi connectivity index (χ4n) is 2.49. The first kappa shape index (κ1) is 21.4. The van der Waals surface area contributed by atoms with Gasteiger partial charge in [0.25, 0.3) is 11.2 Å². The van der Waals surface area contributed by atoms with Gasteiger partial charge in [-0.1, -0.05) is 15.9 Å². The number of carbonyl (C=O) groups is 1. The van der Waals surface area contributed by atoms with E-state index in [1.165, 1.54) is 12.1 Å². The molecule has 158 valence electrons. The van der Waals surface area contributed by atoms with Crippen LogP contribution in [-0.4, -0.2) is 36.9 Å². The van der Waals surface area contributed by atoms with Gasteiger partial charge in [0.2, 0.25) is 5.88 Å². The third kappa shape index (κ3) is 4.67. The molecule has 0 aliphatic rings. The lowest BCUT2D eigenvalue weighted by molar-refractivity contribution is -0.384. The summed E-state index contributed by atoms with van der Waals surface area (Å²) in [5, 5.41) is 33.0. The zero-order chi connectivity index (χ0) is 22.7. The maximum atomic E-state index is 12.1. The number of benzene rings is 2. The van der Waals surface area contributed by atoms with Gasteiger partial charge in [0.05, 0.1) is 28.6 Å². The molecule has 0 saturated carbocycles. The highest BCUT2D eigenvalue weighted by atomic mass is 79.9. The van der Waals surface area contributed by atoms with E-state index in [1.54, 1.807) is 12.1 Å². The highest BCUT2D eigenvalue weighted by molar-refractivity contribution is 9.10. The number of hydrogen-bond acceptors (Lipinski definition) is 7. The van der Waals surface area contributed by atoms with E-state index in [0.29, 0.717) is 0 Å².